The van der Waals surface area contributed by atoms with Gasteiger partial charge in [0.05, 0.1) is 21.5 Å². The molecule has 3 rings (SSSR count). The number of likely N-dealkylation sites (N-methyl/N-ethyl adjacent to an activating group) is 1. The molecule has 0 aliphatic carbocycles. The number of hydrogen-bond donors (Lipinski definition) is 2. The minimum Gasteiger partial charge on any atom is -0.477 e. The largest absolute Gasteiger partial charge is 0.477 e. The van der Waals surface area contributed by atoms with E-state index in [9.17, 15) is 19.3 Å². The number of amides is 1. The number of anilines is 2. The summed E-state index contributed by atoms with van der Waals surface area (Å²) >= 11 is 3.19. The molecule has 180 valence electrons. The van der Waals surface area contributed by atoms with Crippen LogP contribution in [-0.4, -0.2) is 58.5 Å². The zero-order valence-corrected chi connectivity index (χ0v) is 20.3. The van der Waals surface area contributed by atoms with Gasteiger partial charge in [-0.2, -0.15) is 0 Å². The van der Waals surface area contributed by atoms with Gasteiger partial charge in [-0.25, -0.2) is 14.4 Å². The van der Waals surface area contributed by atoms with Gasteiger partial charge in [-0.15, -0.1) is 0 Å². The third-order valence-electron chi connectivity index (χ3n) is 5.10. The maximum Gasteiger partial charge on any atom is 0.311 e. The van der Waals surface area contributed by atoms with E-state index in [1.54, 1.807) is 6.07 Å². The summed E-state index contributed by atoms with van der Waals surface area (Å²) < 4.78 is 20.3. The second-order valence-corrected chi connectivity index (χ2v) is 8.15. The molecule has 10 nitrogen and oxygen atoms in total. The standard InChI is InChI=1S/C22H24BrFN6O4/c1-3-29(4-2)8-7-25-21(31)12-34-20-11-18-15(10-19(20)30(32)33)22(27-13-26-18)28-17-6-5-14(23)9-16(17)24/h5-6,9-11,13H,3-4,7-8,12H2,1-2H3,(H,25,31)(H,26,27,28). The van der Waals surface area contributed by atoms with E-state index in [1.165, 1.54) is 30.6 Å². The summed E-state index contributed by atoms with van der Waals surface area (Å²) in [4.78, 5) is 33.6. The third-order valence-corrected chi connectivity index (χ3v) is 5.59. The molecule has 2 N–H and O–H groups in total. The van der Waals surface area contributed by atoms with E-state index in [4.69, 9.17) is 4.74 Å². The molecule has 0 unspecified atom stereocenters. The lowest BCUT2D eigenvalue weighted by atomic mass is 10.2. The van der Waals surface area contributed by atoms with Crippen molar-refractivity contribution < 1.29 is 18.8 Å². The van der Waals surface area contributed by atoms with Gasteiger partial charge >= 0.3 is 5.69 Å². The van der Waals surface area contributed by atoms with Crippen molar-refractivity contribution in [3.05, 3.63) is 57.1 Å². The van der Waals surface area contributed by atoms with Gasteiger partial charge in [0.2, 0.25) is 0 Å². The van der Waals surface area contributed by atoms with Crippen LogP contribution < -0.4 is 15.4 Å². The fraction of sp³-hybridized carbons (Fsp3) is 0.318. The van der Waals surface area contributed by atoms with Crippen LogP contribution in [0.15, 0.2) is 41.1 Å². The van der Waals surface area contributed by atoms with Crippen molar-refractivity contribution in [1.82, 2.24) is 20.2 Å². The number of carbonyl (C=O) groups is 1. The van der Waals surface area contributed by atoms with Crippen LogP contribution in [0.5, 0.6) is 5.75 Å². The average Bonchev–Trinajstić information content (AvgIpc) is 2.81. The molecule has 1 amide bonds. The molecule has 0 bridgehead atoms. The van der Waals surface area contributed by atoms with E-state index in [1.807, 2.05) is 13.8 Å². The summed E-state index contributed by atoms with van der Waals surface area (Å²) in [6, 6.07) is 7.05. The Balaban J connectivity index is 1.79. The van der Waals surface area contributed by atoms with Crippen LogP contribution >= 0.6 is 15.9 Å². The minimum absolute atomic E-state index is 0.101. The van der Waals surface area contributed by atoms with Crippen molar-refractivity contribution in [1.29, 1.82) is 0 Å². The summed E-state index contributed by atoms with van der Waals surface area (Å²) in [5, 5.41) is 17.6. The van der Waals surface area contributed by atoms with Crippen molar-refractivity contribution in [2.24, 2.45) is 0 Å². The van der Waals surface area contributed by atoms with Crippen LogP contribution in [-0.2, 0) is 4.79 Å². The summed E-state index contributed by atoms with van der Waals surface area (Å²) in [5.41, 5.74) is 0.114. The molecule has 0 atom stereocenters. The van der Waals surface area contributed by atoms with Crippen LogP contribution in [0.1, 0.15) is 13.8 Å². The Morgan fingerprint density at radius 3 is 2.68 bits per heavy atom. The van der Waals surface area contributed by atoms with Gasteiger partial charge in [0, 0.05) is 29.7 Å². The molecule has 0 saturated carbocycles. The zero-order valence-electron chi connectivity index (χ0n) is 18.7. The Morgan fingerprint density at radius 2 is 2.00 bits per heavy atom. The maximum absolute atomic E-state index is 14.3. The van der Waals surface area contributed by atoms with E-state index in [0.717, 1.165) is 13.1 Å². The van der Waals surface area contributed by atoms with Crippen LogP contribution in [0.25, 0.3) is 10.9 Å². The lowest BCUT2D eigenvalue weighted by Crippen LogP contribution is -2.36. The highest BCUT2D eigenvalue weighted by molar-refractivity contribution is 9.10. The van der Waals surface area contributed by atoms with Gasteiger partial charge in [-0.1, -0.05) is 29.8 Å². The van der Waals surface area contributed by atoms with E-state index in [-0.39, 0.29) is 29.5 Å². The Hall–Kier alpha value is -3.38. The van der Waals surface area contributed by atoms with Crippen LogP contribution in [0.4, 0.5) is 21.6 Å². The summed E-state index contributed by atoms with van der Waals surface area (Å²) in [6.07, 6.45) is 1.25. The van der Waals surface area contributed by atoms with Gasteiger partial charge in [0.25, 0.3) is 5.91 Å². The third kappa shape index (κ3) is 6.35. The second kappa shape index (κ2) is 11.7. The molecule has 3 aromatic rings. The van der Waals surface area contributed by atoms with Crippen LogP contribution in [0.2, 0.25) is 0 Å². The smallest absolute Gasteiger partial charge is 0.311 e. The van der Waals surface area contributed by atoms with Crippen LogP contribution in [0, 0.1) is 15.9 Å². The molecule has 0 spiro atoms. The Kier molecular flexibility index (Phi) is 8.66. The highest BCUT2D eigenvalue weighted by atomic mass is 79.9. The number of fused-ring (bicyclic) bond motifs is 1. The number of nitrogens with zero attached hydrogens (tertiary/aromatic N) is 4. The summed E-state index contributed by atoms with van der Waals surface area (Å²) in [7, 11) is 0. The lowest BCUT2D eigenvalue weighted by Gasteiger charge is -2.18. The Bertz CT molecular complexity index is 1190. The molecule has 1 heterocycles. The molecular formula is C22H24BrFN6O4. The van der Waals surface area contributed by atoms with Gasteiger partial charge in [0.1, 0.15) is 18.0 Å². The quantitative estimate of drug-likeness (QED) is 0.279. The first-order valence-electron chi connectivity index (χ1n) is 10.6. The highest BCUT2D eigenvalue weighted by Crippen LogP contribution is 2.35. The number of benzene rings is 2. The van der Waals surface area contributed by atoms with Gasteiger partial charge in [-0.3, -0.25) is 14.9 Å². The molecule has 0 radical (unpaired) electrons. The lowest BCUT2D eigenvalue weighted by molar-refractivity contribution is -0.385. The second-order valence-electron chi connectivity index (χ2n) is 7.23. The van der Waals surface area contributed by atoms with Crippen LogP contribution in [0.3, 0.4) is 0 Å². The van der Waals surface area contributed by atoms with E-state index >= 15 is 0 Å². The first-order valence-corrected chi connectivity index (χ1v) is 11.4. The van der Waals surface area contributed by atoms with E-state index in [0.29, 0.717) is 28.5 Å². The van der Waals surface area contributed by atoms with Crippen molar-refractivity contribution >= 4 is 49.9 Å². The number of ether oxygens (including phenoxy) is 1. The van der Waals surface area contributed by atoms with Gasteiger partial charge in [-0.05, 0) is 31.3 Å². The number of hydrogen-bond acceptors (Lipinski definition) is 8. The number of aromatic nitrogens is 2. The molecule has 0 fully saturated rings. The zero-order chi connectivity index (χ0) is 24.7. The van der Waals surface area contributed by atoms with Crippen molar-refractivity contribution in [2.75, 3.05) is 38.1 Å². The number of nitro benzene ring substituents is 1. The monoisotopic (exact) mass is 534 g/mol. The molecule has 34 heavy (non-hydrogen) atoms. The van der Waals surface area contributed by atoms with Crippen molar-refractivity contribution in [2.45, 2.75) is 13.8 Å². The van der Waals surface area contributed by atoms with Gasteiger partial charge in [0.15, 0.2) is 12.4 Å². The number of nitro groups is 1. The van der Waals surface area contributed by atoms with Gasteiger partial charge < -0.3 is 20.3 Å². The van der Waals surface area contributed by atoms with E-state index in [2.05, 4.69) is 41.4 Å². The first-order chi connectivity index (χ1) is 16.3. The summed E-state index contributed by atoms with van der Waals surface area (Å²) in [6.45, 7) is 6.57. The molecule has 12 heteroatoms. The number of nitrogens with one attached hydrogen (secondary N) is 2. The predicted octanol–water partition coefficient (Wildman–Crippen LogP) is 4.02. The Morgan fingerprint density at radius 1 is 1.24 bits per heavy atom. The fourth-order valence-electron chi connectivity index (χ4n) is 3.24. The highest BCUT2D eigenvalue weighted by Gasteiger charge is 2.20. The van der Waals surface area contributed by atoms with Crippen molar-refractivity contribution in [3.63, 3.8) is 0 Å². The molecule has 1 aromatic heterocycles. The minimum atomic E-state index is -0.621. The normalized spacial score (nSPS) is 11.0. The molecule has 0 aliphatic rings. The first kappa shape index (κ1) is 25.2. The number of rotatable bonds is 11. The van der Waals surface area contributed by atoms with Crippen molar-refractivity contribution in [3.8, 4) is 5.75 Å². The molecular weight excluding hydrogens is 511 g/mol. The SMILES string of the molecule is CCN(CC)CCNC(=O)COc1cc2ncnc(Nc3ccc(Br)cc3F)c2cc1[N+](=O)[O-]. The number of carbonyl (C=O) groups excluding carboxylic acids is 1. The fourth-order valence-corrected chi connectivity index (χ4v) is 3.57. The maximum atomic E-state index is 14.3. The van der Waals surface area contributed by atoms with E-state index < -0.39 is 16.6 Å². The molecule has 2 aromatic carbocycles. The predicted molar refractivity (Wildman–Crippen MR) is 130 cm³/mol. The molecule has 0 aliphatic heterocycles. The number of halogens is 2. The summed E-state index contributed by atoms with van der Waals surface area (Å²) in [5.74, 6) is -0.828. The Labute approximate surface area is 203 Å². The molecule has 0 saturated heterocycles. The topological polar surface area (TPSA) is 123 Å². The average molecular weight is 535 g/mol.